The molecule has 1 fully saturated rings. The number of halogens is 1. The molecule has 2 aromatic rings. The highest BCUT2D eigenvalue weighted by atomic mass is 127. The number of hydrogen-bond acceptors (Lipinski definition) is 2. The first kappa shape index (κ1) is 20.6. The Bertz CT molecular complexity index is 735. The molecule has 0 saturated heterocycles. The highest BCUT2D eigenvalue weighted by molar-refractivity contribution is 14.0. The second-order valence-electron chi connectivity index (χ2n) is 6.88. The van der Waals surface area contributed by atoms with Crippen LogP contribution in [0.2, 0.25) is 0 Å². The van der Waals surface area contributed by atoms with Crippen molar-refractivity contribution < 1.29 is 4.74 Å². The van der Waals surface area contributed by atoms with Gasteiger partial charge in [-0.2, -0.15) is 0 Å². The number of methoxy groups -OCH3 is 1. The molecule has 0 radical (unpaired) electrons. The molecule has 1 saturated carbocycles. The van der Waals surface area contributed by atoms with E-state index in [-0.39, 0.29) is 29.4 Å². The number of guanidine groups is 1. The maximum Gasteiger partial charge on any atom is 0.193 e. The molecule has 0 bridgehead atoms. The largest absolute Gasteiger partial charge is 0.497 e. The molecular weight excluding hydrogens is 439 g/mol. The fourth-order valence-corrected chi connectivity index (χ4v) is 3.27. The van der Waals surface area contributed by atoms with E-state index in [1.807, 2.05) is 19.2 Å². The van der Waals surface area contributed by atoms with E-state index in [0.29, 0.717) is 0 Å². The van der Waals surface area contributed by atoms with E-state index in [9.17, 15) is 0 Å². The van der Waals surface area contributed by atoms with Crippen LogP contribution in [0.25, 0.3) is 0 Å². The van der Waals surface area contributed by atoms with E-state index >= 15 is 0 Å². The Balaban J connectivity index is 0.00000243. The summed E-state index contributed by atoms with van der Waals surface area (Å²) >= 11 is 0. The fourth-order valence-electron chi connectivity index (χ4n) is 3.27. The second-order valence-corrected chi connectivity index (χ2v) is 6.88. The molecule has 1 aliphatic rings. The predicted molar refractivity (Wildman–Crippen MR) is 118 cm³/mol. The van der Waals surface area contributed by atoms with E-state index in [4.69, 9.17) is 4.74 Å². The first-order valence-electron chi connectivity index (χ1n) is 8.74. The van der Waals surface area contributed by atoms with Gasteiger partial charge in [0, 0.05) is 45.0 Å². The topological polar surface area (TPSA) is 41.8 Å². The summed E-state index contributed by atoms with van der Waals surface area (Å²) in [5.41, 5.74) is 2.87. The van der Waals surface area contributed by atoms with Gasteiger partial charge < -0.3 is 19.5 Å². The van der Waals surface area contributed by atoms with Crippen LogP contribution in [0.3, 0.4) is 0 Å². The lowest BCUT2D eigenvalue weighted by atomic mass is 9.96. The SMILES string of the molecule is CN=C(NCC1(c2ccc(OC)cc2)CC1)N(C)Cc1cccn1C.I. The van der Waals surface area contributed by atoms with E-state index < -0.39 is 0 Å². The van der Waals surface area contributed by atoms with Crippen LogP contribution < -0.4 is 10.1 Å². The van der Waals surface area contributed by atoms with E-state index in [1.54, 1.807) is 7.11 Å². The van der Waals surface area contributed by atoms with Crippen molar-refractivity contribution in [2.24, 2.45) is 12.0 Å². The summed E-state index contributed by atoms with van der Waals surface area (Å²) in [7, 11) is 7.70. The lowest BCUT2D eigenvalue weighted by Crippen LogP contribution is -2.42. The van der Waals surface area contributed by atoms with Gasteiger partial charge in [0.2, 0.25) is 0 Å². The lowest BCUT2D eigenvalue weighted by molar-refractivity contribution is 0.414. The molecule has 26 heavy (non-hydrogen) atoms. The molecule has 1 aliphatic carbocycles. The third kappa shape index (κ3) is 4.52. The molecular formula is C20H29IN4O. The number of nitrogens with one attached hydrogen (secondary N) is 1. The number of aryl methyl sites for hydroxylation is 1. The van der Waals surface area contributed by atoms with Crippen molar-refractivity contribution in [1.29, 1.82) is 0 Å². The smallest absolute Gasteiger partial charge is 0.193 e. The highest BCUT2D eigenvalue weighted by Gasteiger charge is 2.44. The zero-order chi connectivity index (χ0) is 17.9. The Kier molecular flexibility index (Phi) is 6.97. The summed E-state index contributed by atoms with van der Waals surface area (Å²) in [6.45, 7) is 1.74. The molecule has 1 heterocycles. The van der Waals surface area contributed by atoms with Gasteiger partial charge in [-0.1, -0.05) is 12.1 Å². The Morgan fingerprint density at radius 3 is 2.46 bits per heavy atom. The van der Waals surface area contributed by atoms with Crippen LogP contribution in [0.5, 0.6) is 5.75 Å². The zero-order valence-electron chi connectivity index (χ0n) is 16.0. The van der Waals surface area contributed by atoms with Gasteiger partial charge in [-0.15, -0.1) is 24.0 Å². The molecule has 142 valence electrons. The van der Waals surface area contributed by atoms with Gasteiger partial charge in [0.1, 0.15) is 5.75 Å². The van der Waals surface area contributed by atoms with Crippen molar-refractivity contribution >= 4 is 29.9 Å². The van der Waals surface area contributed by atoms with Crippen LogP contribution >= 0.6 is 24.0 Å². The van der Waals surface area contributed by atoms with Crippen LogP contribution in [-0.4, -0.2) is 43.2 Å². The predicted octanol–water partition coefficient (Wildman–Crippen LogP) is 3.39. The third-order valence-electron chi connectivity index (χ3n) is 5.16. The molecule has 0 spiro atoms. The molecule has 1 aromatic heterocycles. The van der Waals surface area contributed by atoms with Crippen LogP contribution in [0.15, 0.2) is 47.6 Å². The first-order valence-corrected chi connectivity index (χ1v) is 8.74. The number of aromatic nitrogens is 1. The van der Waals surface area contributed by atoms with Gasteiger partial charge >= 0.3 is 0 Å². The molecule has 0 amide bonds. The summed E-state index contributed by atoms with van der Waals surface area (Å²) in [6, 6.07) is 12.7. The van der Waals surface area contributed by atoms with Gasteiger partial charge in [0.25, 0.3) is 0 Å². The average molecular weight is 468 g/mol. The van der Waals surface area contributed by atoms with Crippen LogP contribution in [0, 0.1) is 0 Å². The lowest BCUT2D eigenvalue weighted by Gasteiger charge is -2.25. The van der Waals surface area contributed by atoms with E-state index in [1.165, 1.54) is 24.1 Å². The second kappa shape index (κ2) is 8.79. The minimum Gasteiger partial charge on any atom is -0.497 e. The maximum absolute atomic E-state index is 5.27. The van der Waals surface area contributed by atoms with Crippen molar-refractivity contribution in [1.82, 2.24) is 14.8 Å². The standard InChI is InChI=1S/C20H28N4O.HI/c1-21-19(24(3)14-17-6-5-13-23(17)2)22-15-20(11-12-20)16-7-9-18(25-4)10-8-16;/h5-10,13H,11-12,14-15H2,1-4H3,(H,21,22);1H. The minimum absolute atomic E-state index is 0. The van der Waals surface area contributed by atoms with Crippen LogP contribution in [-0.2, 0) is 19.0 Å². The summed E-state index contributed by atoms with van der Waals surface area (Å²) in [5.74, 6) is 1.84. The van der Waals surface area contributed by atoms with Gasteiger partial charge in [-0.05, 0) is 42.7 Å². The van der Waals surface area contributed by atoms with E-state index in [0.717, 1.165) is 24.8 Å². The number of aliphatic imine (C=N–C) groups is 1. The number of ether oxygens (including phenoxy) is 1. The monoisotopic (exact) mass is 468 g/mol. The normalized spacial score (nSPS) is 15.2. The maximum atomic E-state index is 5.27. The van der Waals surface area contributed by atoms with Gasteiger partial charge in [-0.25, -0.2) is 0 Å². The van der Waals surface area contributed by atoms with E-state index in [2.05, 4.69) is 64.3 Å². The Morgan fingerprint density at radius 2 is 1.96 bits per heavy atom. The summed E-state index contributed by atoms with van der Waals surface area (Å²) in [6.07, 6.45) is 4.50. The van der Waals surface area contributed by atoms with Crippen LogP contribution in [0.1, 0.15) is 24.1 Å². The van der Waals surface area contributed by atoms with Crippen molar-refractivity contribution in [3.63, 3.8) is 0 Å². The Hall–Kier alpha value is -1.70. The molecule has 0 aliphatic heterocycles. The summed E-state index contributed by atoms with van der Waals surface area (Å²) in [5, 5.41) is 3.57. The number of benzene rings is 1. The molecule has 5 nitrogen and oxygen atoms in total. The number of nitrogens with zero attached hydrogens (tertiary/aromatic N) is 3. The minimum atomic E-state index is 0. The summed E-state index contributed by atoms with van der Waals surface area (Å²) < 4.78 is 7.41. The average Bonchev–Trinajstić information content (AvgIpc) is 3.32. The number of rotatable bonds is 6. The molecule has 6 heteroatoms. The molecule has 0 unspecified atom stereocenters. The molecule has 3 rings (SSSR count). The quantitative estimate of drug-likeness (QED) is 0.402. The highest BCUT2D eigenvalue weighted by Crippen LogP contribution is 2.47. The summed E-state index contributed by atoms with van der Waals surface area (Å²) in [4.78, 5) is 6.62. The zero-order valence-corrected chi connectivity index (χ0v) is 18.4. The molecule has 1 aromatic carbocycles. The van der Waals surface area contributed by atoms with Crippen LogP contribution in [0.4, 0.5) is 0 Å². The Labute approximate surface area is 173 Å². The first-order chi connectivity index (χ1) is 12.1. The Morgan fingerprint density at radius 1 is 1.27 bits per heavy atom. The third-order valence-corrected chi connectivity index (χ3v) is 5.16. The fraction of sp³-hybridized carbons (Fsp3) is 0.450. The van der Waals surface area contributed by atoms with Gasteiger partial charge in [-0.3, -0.25) is 4.99 Å². The number of hydrogen-bond donors (Lipinski definition) is 1. The molecule has 0 atom stereocenters. The van der Waals surface area contributed by atoms with Crippen molar-refractivity contribution in [2.45, 2.75) is 24.8 Å². The van der Waals surface area contributed by atoms with Crippen molar-refractivity contribution in [2.75, 3.05) is 27.7 Å². The molecule has 1 N–H and O–H groups in total. The van der Waals surface area contributed by atoms with Gasteiger partial charge in [0.15, 0.2) is 5.96 Å². The van der Waals surface area contributed by atoms with Crippen molar-refractivity contribution in [3.05, 3.63) is 53.9 Å². The van der Waals surface area contributed by atoms with Crippen molar-refractivity contribution in [3.8, 4) is 5.75 Å². The van der Waals surface area contributed by atoms with Gasteiger partial charge in [0.05, 0.1) is 13.7 Å².